The summed E-state index contributed by atoms with van der Waals surface area (Å²) in [6.45, 7) is 0.181. The molecule has 3 N–H and O–H groups in total. The number of fused-ring (bicyclic) bond motifs is 1. The van der Waals surface area contributed by atoms with Crippen LogP contribution in [-0.2, 0) is 0 Å². The zero-order chi connectivity index (χ0) is 18.6. The minimum Gasteiger partial charge on any atom is -0.454 e. The molecule has 3 aromatic carbocycles. The standard InChI is InChI=1S/C21H20NO4P/c23-27(24)21(17-11-12-18-19(13-17)26-14-25-18)22-20(15-7-3-1-4-8-15)16-9-5-2-6-10-16/h1-13,20-24H,14H2. The summed E-state index contributed by atoms with van der Waals surface area (Å²) in [5.41, 5.74) is 2.84. The van der Waals surface area contributed by atoms with Crippen molar-refractivity contribution in [3.8, 4) is 11.5 Å². The minimum absolute atomic E-state index is 0.181. The summed E-state index contributed by atoms with van der Waals surface area (Å²) in [5, 5.41) is 3.43. The van der Waals surface area contributed by atoms with Crippen LogP contribution in [-0.4, -0.2) is 16.6 Å². The highest BCUT2D eigenvalue weighted by molar-refractivity contribution is 7.45. The van der Waals surface area contributed by atoms with Gasteiger partial charge in [0.1, 0.15) is 5.78 Å². The van der Waals surface area contributed by atoms with Crippen LogP contribution in [0.1, 0.15) is 28.5 Å². The summed E-state index contributed by atoms with van der Waals surface area (Å²) in [7, 11) is -2.27. The summed E-state index contributed by atoms with van der Waals surface area (Å²) in [6, 6.07) is 25.2. The van der Waals surface area contributed by atoms with Gasteiger partial charge in [-0.3, -0.25) is 5.32 Å². The summed E-state index contributed by atoms with van der Waals surface area (Å²) >= 11 is 0. The fourth-order valence-corrected chi connectivity index (χ4v) is 3.92. The number of hydrogen-bond donors (Lipinski definition) is 3. The lowest BCUT2D eigenvalue weighted by Crippen LogP contribution is -2.26. The van der Waals surface area contributed by atoms with Gasteiger partial charge in [0.15, 0.2) is 19.9 Å². The van der Waals surface area contributed by atoms with Gasteiger partial charge in [0.25, 0.3) is 0 Å². The van der Waals surface area contributed by atoms with Crippen molar-refractivity contribution in [2.45, 2.75) is 11.8 Å². The Bertz CT molecular complexity index is 850. The molecular formula is C21H20NO4P. The third-order valence-corrected chi connectivity index (χ3v) is 5.44. The first kappa shape index (κ1) is 18.0. The van der Waals surface area contributed by atoms with Crippen molar-refractivity contribution in [3.63, 3.8) is 0 Å². The largest absolute Gasteiger partial charge is 0.454 e. The van der Waals surface area contributed by atoms with Crippen molar-refractivity contribution in [1.29, 1.82) is 0 Å². The van der Waals surface area contributed by atoms with Crippen molar-refractivity contribution in [1.82, 2.24) is 5.32 Å². The van der Waals surface area contributed by atoms with Crippen molar-refractivity contribution < 1.29 is 19.3 Å². The van der Waals surface area contributed by atoms with E-state index in [1.807, 2.05) is 66.7 Å². The molecule has 0 aliphatic carbocycles. The molecule has 1 atom stereocenters. The van der Waals surface area contributed by atoms with Crippen LogP contribution in [0.2, 0.25) is 0 Å². The highest BCUT2D eigenvalue weighted by Crippen LogP contribution is 2.46. The van der Waals surface area contributed by atoms with Crippen molar-refractivity contribution >= 4 is 8.38 Å². The van der Waals surface area contributed by atoms with E-state index >= 15 is 0 Å². The summed E-state index contributed by atoms with van der Waals surface area (Å²) in [5.74, 6) is 0.646. The van der Waals surface area contributed by atoms with E-state index < -0.39 is 14.2 Å². The maximum absolute atomic E-state index is 10.1. The summed E-state index contributed by atoms with van der Waals surface area (Å²) in [4.78, 5) is 20.3. The number of rotatable bonds is 6. The molecule has 0 saturated heterocycles. The summed E-state index contributed by atoms with van der Waals surface area (Å²) < 4.78 is 10.8. The number of nitrogens with one attached hydrogen (secondary N) is 1. The molecule has 0 fully saturated rings. The molecular weight excluding hydrogens is 361 g/mol. The van der Waals surface area contributed by atoms with Gasteiger partial charge >= 0.3 is 0 Å². The second-order valence-electron chi connectivity index (χ2n) is 6.26. The Hall–Kier alpha value is -2.43. The van der Waals surface area contributed by atoms with Gasteiger partial charge in [-0.1, -0.05) is 66.7 Å². The maximum atomic E-state index is 10.1. The molecule has 0 bridgehead atoms. The Kier molecular flexibility index (Phi) is 5.37. The first-order valence-corrected chi connectivity index (χ1v) is 9.96. The Morgan fingerprint density at radius 3 is 1.93 bits per heavy atom. The Balaban J connectivity index is 1.69. The van der Waals surface area contributed by atoms with Gasteiger partial charge in [-0.25, -0.2) is 0 Å². The molecule has 6 heteroatoms. The molecule has 0 spiro atoms. The van der Waals surface area contributed by atoms with Gasteiger partial charge in [-0.05, 0) is 28.8 Å². The van der Waals surface area contributed by atoms with Gasteiger partial charge in [0.2, 0.25) is 6.79 Å². The van der Waals surface area contributed by atoms with Gasteiger partial charge < -0.3 is 19.3 Å². The van der Waals surface area contributed by atoms with E-state index in [0.717, 1.165) is 16.7 Å². The van der Waals surface area contributed by atoms with Gasteiger partial charge in [-0.15, -0.1) is 0 Å². The van der Waals surface area contributed by atoms with Gasteiger partial charge in [0.05, 0.1) is 6.04 Å². The Morgan fingerprint density at radius 2 is 1.33 bits per heavy atom. The quantitative estimate of drug-likeness (QED) is 0.561. The highest BCUT2D eigenvalue weighted by Gasteiger charge is 2.27. The Morgan fingerprint density at radius 1 is 0.741 bits per heavy atom. The van der Waals surface area contributed by atoms with Crippen molar-refractivity contribution in [2.75, 3.05) is 6.79 Å². The molecule has 1 aliphatic rings. The first-order valence-electron chi connectivity index (χ1n) is 8.65. The molecule has 1 aliphatic heterocycles. The molecule has 3 aromatic rings. The number of hydrogen-bond acceptors (Lipinski definition) is 5. The predicted molar refractivity (Wildman–Crippen MR) is 105 cm³/mol. The van der Waals surface area contributed by atoms with E-state index in [1.165, 1.54) is 0 Å². The van der Waals surface area contributed by atoms with Gasteiger partial charge in [-0.2, -0.15) is 0 Å². The fraction of sp³-hybridized carbons (Fsp3) is 0.143. The topological polar surface area (TPSA) is 71.0 Å². The zero-order valence-corrected chi connectivity index (χ0v) is 15.4. The third kappa shape index (κ3) is 3.97. The normalized spacial score (nSPS) is 13.9. The van der Waals surface area contributed by atoms with E-state index in [0.29, 0.717) is 11.5 Å². The minimum atomic E-state index is -2.27. The van der Waals surface area contributed by atoms with Crippen molar-refractivity contribution in [2.24, 2.45) is 0 Å². The fourth-order valence-electron chi connectivity index (χ4n) is 3.21. The van der Waals surface area contributed by atoms with E-state index in [1.54, 1.807) is 12.1 Å². The van der Waals surface area contributed by atoms with Crippen LogP contribution in [0, 0.1) is 0 Å². The van der Waals surface area contributed by atoms with Crippen LogP contribution >= 0.6 is 8.38 Å². The average molecular weight is 381 g/mol. The Labute approximate surface area is 159 Å². The molecule has 1 heterocycles. The second-order valence-corrected chi connectivity index (χ2v) is 7.41. The molecule has 138 valence electrons. The molecule has 4 rings (SSSR count). The average Bonchev–Trinajstić information content (AvgIpc) is 3.17. The van der Waals surface area contributed by atoms with Crippen LogP contribution in [0.5, 0.6) is 11.5 Å². The number of ether oxygens (including phenoxy) is 2. The molecule has 0 amide bonds. The number of benzene rings is 3. The summed E-state index contributed by atoms with van der Waals surface area (Å²) in [6.07, 6.45) is 0. The van der Waals surface area contributed by atoms with Crippen LogP contribution in [0.3, 0.4) is 0 Å². The van der Waals surface area contributed by atoms with E-state index in [4.69, 9.17) is 9.47 Å². The van der Waals surface area contributed by atoms with Crippen LogP contribution in [0.15, 0.2) is 78.9 Å². The SMILES string of the molecule is OP(O)C(NC(c1ccccc1)c1ccccc1)c1ccc2c(c1)OCO2. The maximum Gasteiger partial charge on any atom is 0.231 e. The van der Waals surface area contributed by atoms with E-state index in [2.05, 4.69) is 5.32 Å². The van der Waals surface area contributed by atoms with Crippen LogP contribution in [0.4, 0.5) is 0 Å². The van der Waals surface area contributed by atoms with Crippen molar-refractivity contribution in [3.05, 3.63) is 95.6 Å². The lowest BCUT2D eigenvalue weighted by molar-refractivity contribution is 0.174. The molecule has 0 radical (unpaired) electrons. The van der Waals surface area contributed by atoms with E-state index in [9.17, 15) is 9.79 Å². The lowest BCUT2D eigenvalue weighted by atomic mass is 9.98. The molecule has 5 nitrogen and oxygen atoms in total. The second kappa shape index (κ2) is 8.07. The van der Waals surface area contributed by atoms with E-state index in [-0.39, 0.29) is 12.8 Å². The molecule has 1 unspecified atom stereocenters. The molecule has 0 aromatic heterocycles. The first-order chi connectivity index (χ1) is 13.2. The highest BCUT2D eigenvalue weighted by atomic mass is 31.2. The van der Waals surface area contributed by atoms with Gasteiger partial charge in [0, 0.05) is 0 Å². The van der Waals surface area contributed by atoms with Crippen LogP contribution in [0.25, 0.3) is 0 Å². The molecule has 0 saturated carbocycles. The smallest absolute Gasteiger partial charge is 0.231 e. The predicted octanol–water partition coefficient (Wildman–Crippen LogP) is 4.09. The molecule has 27 heavy (non-hydrogen) atoms. The lowest BCUT2D eigenvalue weighted by Gasteiger charge is -2.27. The monoisotopic (exact) mass is 381 g/mol. The zero-order valence-electron chi connectivity index (χ0n) is 14.5. The third-order valence-electron chi connectivity index (χ3n) is 4.53. The van der Waals surface area contributed by atoms with Crippen LogP contribution < -0.4 is 14.8 Å².